The Hall–Kier alpha value is -2.64. The van der Waals surface area contributed by atoms with Gasteiger partial charge in [-0.15, -0.1) is 0 Å². The van der Waals surface area contributed by atoms with Crippen molar-refractivity contribution >= 4 is 39.5 Å². The van der Waals surface area contributed by atoms with E-state index in [1.807, 2.05) is 6.26 Å². The van der Waals surface area contributed by atoms with Gasteiger partial charge < -0.3 is 10.3 Å². The number of hydrogen-bond acceptors (Lipinski definition) is 5. The normalized spacial score (nSPS) is 14.9. The van der Waals surface area contributed by atoms with Crippen LogP contribution in [0.4, 0.5) is 10.2 Å². The van der Waals surface area contributed by atoms with Gasteiger partial charge in [0.25, 0.3) is 0 Å². The zero-order valence-corrected chi connectivity index (χ0v) is 17.8. The second-order valence-electron chi connectivity index (χ2n) is 7.84. The lowest BCUT2D eigenvalue weighted by molar-refractivity contribution is 0.331. The number of hydrogen-bond donors (Lipinski definition) is 1. The summed E-state index contributed by atoms with van der Waals surface area (Å²) < 4.78 is 15.9. The van der Waals surface area contributed by atoms with Gasteiger partial charge in [0.15, 0.2) is 11.0 Å². The van der Waals surface area contributed by atoms with E-state index in [4.69, 9.17) is 10.7 Å². The van der Waals surface area contributed by atoms with Crippen molar-refractivity contribution in [1.29, 1.82) is 0 Å². The molecule has 4 aromatic rings. The maximum absolute atomic E-state index is 13.8. The summed E-state index contributed by atoms with van der Waals surface area (Å²) in [5.41, 5.74) is 10.8. The number of nitrogens with two attached hydrogens (primary N) is 1. The third kappa shape index (κ3) is 3.52. The van der Waals surface area contributed by atoms with Gasteiger partial charge in [-0.3, -0.25) is 4.90 Å². The minimum absolute atomic E-state index is 0.321. The second kappa shape index (κ2) is 7.89. The first kappa shape index (κ1) is 19.3. The van der Waals surface area contributed by atoms with E-state index in [2.05, 4.69) is 38.7 Å². The fourth-order valence-electron chi connectivity index (χ4n) is 4.30. The zero-order valence-electron chi connectivity index (χ0n) is 16.9. The molecule has 1 fully saturated rings. The van der Waals surface area contributed by atoms with E-state index in [-0.39, 0.29) is 5.82 Å². The standard InChI is InChI=1S/C23H24FN5S/c1-30-23-27-20-21(18-9-8-17(24)12-19(18)26-22(20)25)29(23)14-16-6-4-15(5-7-16)13-28-10-2-3-11-28/h4-9,12H,2-3,10-11,13-14H2,1H3,(H2,25,26). The SMILES string of the molecule is CSc1nc2c(N)nc3cc(F)ccc3c2n1Cc1ccc(CN2CCCC2)cc1. The summed E-state index contributed by atoms with van der Waals surface area (Å²) in [5.74, 6) is 0.0107. The number of halogens is 1. The van der Waals surface area contributed by atoms with E-state index in [1.54, 1.807) is 17.8 Å². The van der Waals surface area contributed by atoms with Crippen LogP contribution in [0.2, 0.25) is 0 Å². The molecule has 1 saturated heterocycles. The largest absolute Gasteiger partial charge is 0.382 e. The van der Waals surface area contributed by atoms with Gasteiger partial charge >= 0.3 is 0 Å². The third-order valence-corrected chi connectivity index (χ3v) is 6.46. The van der Waals surface area contributed by atoms with Crippen molar-refractivity contribution in [2.45, 2.75) is 31.1 Å². The molecule has 5 nitrogen and oxygen atoms in total. The molecule has 2 N–H and O–H groups in total. The van der Waals surface area contributed by atoms with Crippen molar-refractivity contribution in [2.75, 3.05) is 25.1 Å². The molecule has 2 aromatic heterocycles. The predicted octanol–water partition coefficient (Wildman–Crippen LogP) is 4.67. The van der Waals surface area contributed by atoms with E-state index >= 15 is 0 Å². The van der Waals surface area contributed by atoms with Gasteiger partial charge in [-0.1, -0.05) is 36.0 Å². The van der Waals surface area contributed by atoms with Crippen molar-refractivity contribution in [3.8, 4) is 0 Å². The Bertz CT molecular complexity index is 1210. The molecule has 2 aromatic carbocycles. The molecule has 0 saturated carbocycles. The maximum Gasteiger partial charge on any atom is 0.169 e. The highest BCUT2D eigenvalue weighted by Gasteiger charge is 2.18. The molecular weight excluding hydrogens is 397 g/mol. The average molecular weight is 422 g/mol. The minimum atomic E-state index is -0.321. The Kier molecular flexibility index (Phi) is 5.08. The summed E-state index contributed by atoms with van der Waals surface area (Å²) in [6, 6.07) is 13.5. The number of nitrogen functional groups attached to an aromatic ring is 1. The molecule has 0 radical (unpaired) electrons. The number of likely N-dealkylation sites (tertiary alicyclic amines) is 1. The highest BCUT2D eigenvalue weighted by atomic mass is 32.2. The minimum Gasteiger partial charge on any atom is -0.382 e. The summed E-state index contributed by atoms with van der Waals surface area (Å²) in [6.07, 6.45) is 4.61. The molecule has 7 heteroatoms. The van der Waals surface area contributed by atoms with Crippen LogP contribution >= 0.6 is 11.8 Å². The first-order valence-corrected chi connectivity index (χ1v) is 11.4. The van der Waals surface area contributed by atoms with Gasteiger partial charge in [0.2, 0.25) is 0 Å². The van der Waals surface area contributed by atoms with Crippen molar-refractivity contribution in [2.24, 2.45) is 0 Å². The topological polar surface area (TPSA) is 60.0 Å². The molecule has 0 unspecified atom stereocenters. The van der Waals surface area contributed by atoms with Crippen LogP contribution in [-0.2, 0) is 13.1 Å². The highest BCUT2D eigenvalue weighted by Crippen LogP contribution is 2.32. The Labute approximate surface area is 179 Å². The van der Waals surface area contributed by atoms with Gasteiger partial charge in [-0.05, 0) is 55.4 Å². The van der Waals surface area contributed by atoms with E-state index in [0.29, 0.717) is 23.4 Å². The summed E-state index contributed by atoms with van der Waals surface area (Å²) in [4.78, 5) is 11.6. The number of anilines is 1. The number of pyridine rings is 1. The molecule has 0 amide bonds. The monoisotopic (exact) mass is 421 g/mol. The van der Waals surface area contributed by atoms with Crippen molar-refractivity contribution in [3.63, 3.8) is 0 Å². The number of imidazole rings is 1. The molecule has 3 heterocycles. The van der Waals surface area contributed by atoms with Crippen molar-refractivity contribution in [1.82, 2.24) is 19.4 Å². The smallest absolute Gasteiger partial charge is 0.169 e. The number of aromatic nitrogens is 3. The molecule has 154 valence electrons. The molecule has 1 aliphatic rings. The Morgan fingerprint density at radius 1 is 1.00 bits per heavy atom. The van der Waals surface area contributed by atoms with Gasteiger partial charge in [0.1, 0.15) is 11.3 Å². The van der Waals surface area contributed by atoms with E-state index in [9.17, 15) is 4.39 Å². The predicted molar refractivity (Wildman–Crippen MR) is 121 cm³/mol. The third-order valence-electron chi connectivity index (χ3n) is 5.78. The molecule has 0 aliphatic carbocycles. The second-order valence-corrected chi connectivity index (χ2v) is 8.61. The Morgan fingerprint density at radius 3 is 2.40 bits per heavy atom. The fourth-order valence-corrected chi connectivity index (χ4v) is 4.86. The van der Waals surface area contributed by atoms with E-state index < -0.39 is 0 Å². The number of benzene rings is 2. The van der Waals surface area contributed by atoms with Crippen molar-refractivity contribution in [3.05, 3.63) is 59.4 Å². The lowest BCUT2D eigenvalue weighted by atomic mass is 10.1. The first-order chi connectivity index (χ1) is 14.6. The quantitative estimate of drug-likeness (QED) is 0.475. The molecule has 30 heavy (non-hydrogen) atoms. The number of rotatable bonds is 5. The summed E-state index contributed by atoms with van der Waals surface area (Å²) in [5, 5.41) is 1.73. The van der Waals surface area contributed by atoms with Gasteiger partial charge in [-0.25, -0.2) is 14.4 Å². The van der Waals surface area contributed by atoms with Crippen LogP contribution in [0.1, 0.15) is 24.0 Å². The number of nitrogens with zero attached hydrogens (tertiary/aromatic N) is 4. The molecular formula is C23H24FN5S. The first-order valence-electron chi connectivity index (χ1n) is 10.2. The number of fused-ring (bicyclic) bond motifs is 3. The number of thioether (sulfide) groups is 1. The molecule has 0 atom stereocenters. The summed E-state index contributed by atoms with van der Waals surface area (Å²) in [7, 11) is 0. The lowest BCUT2D eigenvalue weighted by Crippen LogP contribution is -2.18. The van der Waals surface area contributed by atoms with Crippen LogP contribution in [0, 0.1) is 5.82 Å². The van der Waals surface area contributed by atoms with Crippen molar-refractivity contribution < 1.29 is 4.39 Å². The van der Waals surface area contributed by atoms with E-state index in [0.717, 1.165) is 22.6 Å². The fraction of sp³-hybridized carbons (Fsp3) is 0.304. The summed E-state index contributed by atoms with van der Waals surface area (Å²) >= 11 is 1.57. The highest BCUT2D eigenvalue weighted by molar-refractivity contribution is 7.98. The van der Waals surface area contributed by atoms with Crippen LogP contribution in [0.15, 0.2) is 47.6 Å². The van der Waals surface area contributed by atoms with Crippen LogP contribution in [0.25, 0.3) is 21.9 Å². The van der Waals surface area contributed by atoms with E-state index in [1.165, 1.54) is 49.2 Å². The van der Waals surface area contributed by atoms with Gasteiger partial charge in [-0.2, -0.15) is 0 Å². The molecule has 1 aliphatic heterocycles. The maximum atomic E-state index is 13.8. The Balaban J connectivity index is 1.54. The zero-order chi connectivity index (χ0) is 20.7. The van der Waals surface area contributed by atoms with Gasteiger partial charge in [0.05, 0.1) is 17.6 Å². The van der Waals surface area contributed by atoms with Gasteiger partial charge in [0, 0.05) is 18.0 Å². The molecule has 5 rings (SSSR count). The molecule has 0 spiro atoms. The van der Waals surface area contributed by atoms with Crippen LogP contribution in [0.5, 0.6) is 0 Å². The Morgan fingerprint density at radius 2 is 1.70 bits per heavy atom. The average Bonchev–Trinajstić information content (AvgIpc) is 3.38. The van der Waals surface area contributed by atoms with Crippen LogP contribution in [0.3, 0.4) is 0 Å². The summed E-state index contributed by atoms with van der Waals surface area (Å²) in [6.45, 7) is 4.08. The lowest BCUT2D eigenvalue weighted by Gasteiger charge is -2.15. The van der Waals surface area contributed by atoms with Crippen LogP contribution in [-0.4, -0.2) is 38.8 Å². The van der Waals surface area contributed by atoms with Crippen LogP contribution < -0.4 is 5.73 Å². The molecule has 0 bridgehead atoms.